The summed E-state index contributed by atoms with van der Waals surface area (Å²) in [6, 6.07) is 1.27. The zero-order valence-corrected chi connectivity index (χ0v) is 5.96. The highest BCUT2D eigenvalue weighted by Crippen LogP contribution is 2.08. The van der Waals surface area contributed by atoms with Gasteiger partial charge in [-0.3, -0.25) is 4.98 Å². The molecule has 0 unspecified atom stereocenters. The molecule has 0 saturated carbocycles. The lowest BCUT2D eigenvalue weighted by atomic mass is 10.4. The van der Waals surface area contributed by atoms with Crippen molar-refractivity contribution in [2.24, 2.45) is 0 Å². The minimum absolute atomic E-state index is 0.366. The van der Waals surface area contributed by atoms with Crippen LogP contribution in [0.2, 0.25) is 0 Å². The normalized spacial score (nSPS) is 9.18. The Bertz CT molecular complexity index is 250. The lowest BCUT2D eigenvalue weighted by molar-refractivity contribution is 0.359. The van der Waals surface area contributed by atoms with Crippen molar-refractivity contribution in [2.75, 3.05) is 6.61 Å². The molecular weight excluding hydrogens is 145 g/mol. The van der Waals surface area contributed by atoms with E-state index < -0.39 is 5.82 Å². The lowest BCUT2D eigenvalue weighted by Crippen LogP contribution is -1.93. The molecule has 0 aliphatic heterocycles. The molecule has 11 heavy (non-hydrogen) atoms. The Balaban J connectivity index is 2.63. The number of ether oxygens (including phenoxy) is 1. The summed E-state index contributed by atoms with van der Waals surface area (Å²) in [5.74, 6) is 0.0245. The van der Waals surface area contributed by atoms with Gasteiger partial charge < -0.3 is 4.74 Å². The number of hydrogen-bond donors (Lipinski definition) is 0. The Kier molecular flexibility index (Phi) is 2.60. The fourth-order valence-corrected chi connectivity index (χ4v) is 0.626. The molecule has 0 atom stereocenters. The van der Waals surface area contributed by atoms with E-state index in [-0.39, 0.29) is 0 Å². The third-order valence-corrected chi connectivity index (χ3v) is 1.05. The van der Waals surface area contributed by atoms with Crippen molar-refractivity contribution < 1.29 is 9.13 Å². The molecule has 3 heteroatoms. The van der Waals surface area contributed by atoms with Gasteiger partial charge in [0, 0.05) is 6.07 Å². The van der Waals surface area contributed by atoms with Crippen LogP contribution in [0.1, 0.15) is 0 Å². The van der Waals surface area contributed by atoms with Crippen LogP contribution in [0.15, 0.2) is 31.1 Å². The van der Waals surface area contributed by atoms with Crippen LogP contribution < -0.4 is 4.74 Å². The van der Waals surface area contributed by atoms with Crippen LogP contribution in [0.25, 0.3) is 0 Å². The Morgan fingerprint density at radius 2 is 2.45 bits per heavy atom. The van der Waals surface area contributed by atoms with Crippen molar-refractivity contribution in [3.05, 3.63) is 36.9 Å². The van der Waals surface area contributed by atoms with Crippen molar-refractivity contribution in [3.8, 4) is 5.75 Å². The van der Waals surface area contributed by atoms with Crippen molar-refractivity contribution >= 4 is 0 Å². The summed E-state index contributed by atoms with van der Waals surface area (Å²) in [4.78, 5) is 3.60. The van der Waals surface area contributed by atoms with E-state index in [0.29, 0.717) is 12.4 Å². The second-order valence-corrected chi connectivity index (χ2v) is 1.94. The molecule has 2 nitrogen and oxygen atoms in total. The van der Waals surface area contributed by atoms with Gasteiger partial charge in [0.1, 0.15) is 18.2 Å². The maximum atomic E-state index is 12.4. The van der Waals surface area contributed by atoms with Crippen molar-refractivity contribution in [2.45, 2.75) is 0 Å². The molecule has 0 fully saturated rings. The Labute approximate surface area is 64.3 Å². The summed E-state index contributed by atoms with van der Waals surface area (Å²) in [7, 11) is 0. The average molecular weight is 153 g/mol. The molecular formula is C8H8FNO. The van der Waals surface area contributed by atoms with Gasteiger partial charge in [0.05, 0.1) is 12.4 Å². The maximum absolute atomic E-state index is 12.4. The predicted octanol–water partition coefficient (Wildman–Crippen LogP) is 1.79. The lowest BCUT2D eigenvalue weighted by Gasteiger charge is -2.00. The van der Waals surface area contributed by atoms with Crippen LogP contribution in [0.5, 0.6) is 5.75 Å². The van der Waals surface area contributed by atoms with Crippen LogP contribution in [0.4, 0.5) is 4.39 Å². The Morgan fingerprint density at radius 3 is 3.09 bits per heavy atom. The molecule has 0 spiro atoms. The number of aromatic nitrogens is 1. The van der Waals surface area contributed by atoms with Crippen molar-refractivity contribution in [3.63, 3.8) is 0 Å². The van der Waals surface area contributed by atoms with E-state index in [1.807, 2.05) is 0 Å². The van der Waals surface area contributed by atoms with Gasteiger partial charge in [0.2, 0.25) is 0 Å². The molecule has 0 amide bonds. The maximum Gasteiger partial charge on any atom is 0.145 e. The number of pyridine rings is 1. The smallest absolute Gasteiger partial charge is 0.145 e. The first-order valence-corrected chi connectivity index (χ1v) is 3.17. The molecule has 1 rings (SSSR count). The third kappa shape index (κ3) is 2.37. The molecule has 0 aliphatic rings. The summed E-state index contributed by atoms with van der Waals surface area (Å²) in [6.07, 6.45) is 4.16. The Morgan fingerprint density at radius 1 is 1.64 bits per heavy atom. The van der Waals surface area contributed by atoms with Gasteiger partial charge in [0.25, 0.3) is 0 Å². The second kappa shape index (κ2) is 3.71. The fraction of sp³-hybridized carbons (Fsp3) is 0.125. The molecule has 0 radical (unpaired) electrons. The van der Waals surface area contributed by atoms with E-state index in [9.17, 15) is 4.39 Å². The summed E-state index contributed by atoms with van der Waals surface area (Å²) < 4.78 is 17.4. The molecule has 0 aliphatic carbocycles. The van der Waals surface area contributed by atoms with Gasteiger partial charge in [0.15, 0.2) is 0 Å². The van der Waals surface area contributed by atoms with Crippen LogP contribution >= 0.6 is 0 Å². The number of nitrogens with zero attached hydrogens (tertiary/aromatic N) is 1. The van der Waals surface area contributed by atoms with Crippen molar-refractivity contribution in [1.82, 2.24) is 4.98 Å². The number of hydrogen-bond acceptors (Lipinski definition) is 2. The molecule has 0 saturated heterocycles. The molecule has 58 valence electrons. The van der Waals surface area contributed by atoms with E-state index in [4.69, 9.17) is 4.74 Å². The summed E-state index contributed by atoms with van der Waals surface area (Å²) in [6.45, 7) is 3.83. The van der Waals surface area contributed by atoms with Crippen molar-refractivity contribution in [1.29, 1.82) is 0 Å². The highest BCUT2D eigenvalue weighted by molar-refractivity contribution is 5.16. The van der Waals surface area contributed by atoms with E-state index in [1.54, 1.807) is 6.08 Å². The van der Waals surface area contributed by atoms with Gasteiger partial charge in [-0.05, 0) is 0 Å². The monoisotopic (exact) mass is 153 g/mol. The van der Waals surface area contributed by atoms with Crippen LogP contribution in [0.3, 0.4) is 0 Å². The minimum Gasteiger partial charge on any atom is -0.488 e. The van der Waals surface area contributed by atoms with Crippen LogP contribution in [-0.4, -0.2) is 11.6 Å². The standard InChI is InChI=1S/C8H8FNO/c1-2-3-11-8-4-7(9)5-10-6-8/h2,4-6H,1,3H2. The zero-order valence-electron chi connectivity index (χ0n) is 5.96. The highest BCUT2D eigenvalue weighted by atomic mass is 19.1. The molecule has 0 aromatic carbocycles. The van der Waals surface area contributed by atoms with Gasteiger partial charge in [-0.25, -0.2) is 4.39 Å². The van der Waals surface area contributed by atoms with Crippen LogP contribution in [0, 0.1) is 5.82 Å². The summed E-state index contributed by atoms with van der Waals surface area (Å²) in [5.41, 5.74) is 0. The third-order valence-electron chi connectivity index (χ3n) is 1.05. The van der Waals surface area contributed by atoms with E-state index in [0.717, 1.165) is 6.20 Å². The first kappa shape index (κ1) is 7.72. The molecule has 1 aromatic rings. The molecule has 0 bridgehead atoms. The predicted molar refractivity (Wildman–Crippen MR) is 39.9 cm³/mol. The van der Waals surface area contributed by atoms with E-state index >= 15 is 0 Å². The largest absolute Gasteiger partial charge is 0.488 e. The quantitative estimate of drug-likeness (QED) is 0.617. The molecule has 0 N–H and O–H groups in total. The number of rotatable bonds is 3. The summed E-state index contributed by atoms with van der Waals surface area (Å²) in [5, 5.41) is 0. The van der Waals surface area contributed by atoms with Gasteiger partial charge in [-0.15, -0.1) is 0 Å². The fourth-order valence-electron chi connectivity index (χ4n) is 0.626. The first-order chi connectivity index (χ1) is 5.33. The number of halogens is 1. The zero-order chi connectivity index (χ0) is 8.10. The summed E-state index contributed by atoms with van der Waals surface area (Å²) >= 11 is 0. The van der Waals surface area contributed by atoms with Gasteiger partial charge in [-0.1, -0.05) is 12.7 Å². The molecule has 1 heterocycles. The highest BCUT2D eigenvalue weighted by Gasteiger charge is 1.93. The van der Waals surface area contributed by atoms with Gasteiger partial charge >= 0.3 is 0 Å². The van der Waals surface area contributed by atoms with Gasteiger partial charge in [-0.2, -0.15) is 0 Å². The SMILES string of the molecule is C=CCOc1cncc(F)c1. The Hall–Kier alpha value is -1.38. The minimum atomic E-state index is -0.397. The first-order valence-electron chi connectivity index (χ1n) is 3.17. The average Bonchev–Trinajstić information content (AvgIpc) is 2.01. The van der Waals surface area contributed by atoms with Crippen LogP contribution in [-0.2, 0) is 0 Å². The topological polar surface area (TPSA) is 22.1 Å². The second-order valence-electron chi connectivity index (χ2n) is 1.94. The molecule has 1 aromatic heterocycles. The van der Waals surface area contributed by atoms with E-state index in [2.05, 4.69) is 11.6 Å². The van der Waals surface area contributed by atoms with E-state index in [1.165, 1.54) is 12.3 Å².